The van der Waals surface area contributed by atoms with Crippen LogP contribution >= 0.6 is 0 Å². The number of nitrogens with zero attached hydrogens (tertiary/aromatic N) is 1. The van der Waals surface area contributed by atoms with E-state index in [4.69, 9.17) is 5.73 Å². The van der Waals surface area contributed by atoms with E-state index in [1.165, 1.54) is 0 Å². The van der Waals surface area contributed by atoms with Crippen LogP contribution in [-0.2, 0) is 4.79 Å². The first-order valence-corrected chi connectivity index (χ1v) is 7.12. The molecule has 1 aliphatic heterocycles. The summed E-state index contributed by atoms with van der Waals surface area (Å²) in [4.78, 5) is 25.6. The van der Waals surface area contributed by atoms with Crippen molar-refractivity contribution >= 4 is 11.9 Å². The zero-order valence-corrected chi connectivity index (χ0v) is 11.9. The van der Waals surface area contributed by atoms with Crippen LogP contribution in [0.1, 0.15) is 24.4 Å². The Morgan fingerprint density at radius 3 is 2.71 bits per heavy atom. The molecule has 0 saturated carbocycles. The number of carbonyl (C=O) groups is 2. The first-order chi connectivity index (χ1) is 10.1. The van der Waals surface area contributed by atoms with E-state index in [0.29, 0.717) is 18.7 Å². The molecule has 3 amide bonds. The van der Waals surface area contributed by atoms with Crippen LogP contribution in [0.4, 0.5) is 4.79 Å². The summed E-state index contributed by atoms with van der Waals surface area (Å²) >= 11 is 0. The lowest BCUT2D eigenvalue weighted by atomic mass is 9.97. The zero-order valence-electron chi connectivity index (χ0n) is 11.9. The fourth-order valence-electron chi connectivity index (χ4n) is 2.67. The molecular formula is C15H21N3O3. The average molecular weight is 291 g/mol. The molecule has 1 aromatic carbocycles. The largest absolute Gasteiger partial charge is 0.396 e. The van der Waals surface area contributed by atoms with E-state index in [2.05, 4.69) is 5.32 Å². The smallest absolute Gasteiger partial charge is 0.313 e. The molecule has 2 unspecified atom stereocenters. The Hall–Kier alpha value is -2.08. The molecule has 1 heterocycles. The van der Waals surface area contributed by atoms with Gasteiger partial charge >= 0.3 is 6.03 Å². The number of primary amides is 1. The first kappa shape index (κ1) is 15.3. The molecule has 2 rings (SSSR count). The van der Waals surface area contributed by atoms with Gasteiger partial charge in [-0.15, -0.1) is 0 Å². The highest BCUT2D eigenvalue weighted by Gasteiger charge is 2.30. The summed E-state index contributed by atoms with van der Waals surface area (Å²) in [6, 6.07) is 7.53. The van der Waals surface area contributed by atoms with E-state index >= 15 is 0 Å². The number of rotatable bonds is 4. The number of hydrogen-bond donors (Lipinski definition) is 3. The van der Waals surface area contributed by atoms with Crippen LogP contribution in [0.25, 0.3) is 0 Å². The van der Waals surface area contributed by atoms with Crippen molar-refractivity contribution in [1.82, 2.24) is 10.2 Å². The van der Waals surface area contributed by atoms with Gasteiger partial charge in [0.05, 0.1) is 0 Å². The van der Waals surface area contributed by atoms with Crippen molar-refractivity contribution in [1.29, 1.82) is 0 Å². The van der Waals surface area contributed by atoms with Crippen molar-refractivity contribution in [2.45, 2.75) is 18.9 Å². The summed E-state index contributed by atoms with van der Waals surface area (Å²) in [5.41, 5.74) is 5.89. The highest BCUT2D eigenvalue weighted by molar-refractivity contribution is 5.87. The van der Waals surface area contributed by atoms with Crippen LogP contribution in [0.3, 0.4) is 0 Å². The van der Waals surface area contributed by atoms with Gasteiger partial charge in [-0.3, -0.25) is 4.79 Å². The standard InChI is InChI=1S/C15H21N3O3/c16-15(21)17-13(12-6-2-1-3-7-12)14(20)18-8-4-5-11(9-18)10-19/h1-3,6-7,11,13,19H,4-5,8-10H2,(H3,16,17,21). The van der Waals surface area contributed by atoms with E-state index in [1.807, 2.05) is 18.2 Å². The lowest BCUT2D eigenvalue weighted by Crippen LogP contribution is -2.48. The van der Waals surface area contributed by atoms with Crippen LogP contribution < -0.4 is 11.1 Å². The normalized spacial score (nSPS) is 19.9. The monoisotopic (exact) mass is 291 g/mol. The maximum atomic E-state index is 12.7. The lowest BCUT2D eigenvalue weighted by molar-refractivity contribution is -0.135. The van der Waals surface area contributed by atoms with Crippen LogP contribution in [-0.4, -0.2) is 41.6 Å². The third-order valence-corrected chi connectivity index (χ3v) is 3.76. The van der Waals surface area contributed by atoms with E-state index < -0.39 is 12.1 Å². The maximum absolute atomic E-state index is 12.7. The van der Waals surface area contributed by atoms with Gasteiger partial charge in [-0.25, -0.2) is 4.79 Å². The van der Waals surface area contributed by atoms with Gasteiger partial charge < -0.3 is 21.1 Å². The molecule has 1 aliphatic rings. The topological polar surface area (TPSA) is 95.7 Å². The molecule has 6 heteroatoms. The molecule has 2 atom stereocenters. The van der Waals surface area contributed by atoms with Crippen LogP contribution in [0.15, 0.2) is 30.3 Å². The predicted octanol–water partition coefficient (Wildman–Crippen LogP) is 0.627. The van der Waals surface area contributed by atoms with Crippen molar-refractivity contribution in [2.24, 2.45) is 11.7 Å². The molecule has 6 nitrogen and oxygen atoms in total. The van der Waals surface area contributed by atoms with Gasteiger partial charge in [0.2, 0.25) is 5.91 Å². The quantitative estimate of drug-likeness (QED) is 0.759. The van der Waals surface area contributed by atoms with E-state index in [-0.39, 0.29) is 18.4 Å². The molecular weight excluding hydrogens is 270 g/mol. The molecule has 0 bridgehead atoms. The van der Waals surface area contributed by atoms with Crippen molar-refractivity contribution in [3.8, 4) is 0 Å². The summed E-state index contributed by atoms with van der Waals surface area (Å²) in [5.74, 6) is -0.0779. The highest BCUT2D eigenvalue weighted by atomic mass is 16.3. The van der Waals surface area contributed by atoms with E-state index in [0.717, 1.165) is 12.8 Å². The van der Waals surface area contributed by atoms with Crippen LogP contribution in [0.2, 0.25) is 0 Å². The average Bonchev–Trinajstić information content (AvgIpc) is 2.52. The second-order valence-electron chi connectivity index (χ2n) is 5.33. The van der Waals surface area contributed by atoms with Gasteiger partial charge in [0.1, 0.15) is 6.04 Å². The third-order valence-electron chi connectivity index (χ3n) is 3.76. The van der Waals surface area contributed by atoms with Crippen LogP contribution in [0.5, 0.6) is 0 Å². The molecule has 1 saturated heterocycles. The molecule has 0 aliphatic carbocycles. The van der Waals surface area contributed by atoms with Gasteiger partial charge in [0.15, 0.2) is 0 Å². The minimum absolute atomic E-state index is 0.0725. The molecule has 114 valence electrons. The number of likely N-dealkylation sites (tertiary alicyclic amines) is 1. The second-order valence-corrected chi connectivity index (χ2v) is 5.33. The first-order valence-electron chi connectivity index (χ1n) is 7.12. The van der Waals surface area contributed by atoms with Crippen molar-refractivity contribution < 1.29 is 14.7 Å². The Labute approximate surface area is 123 Å². The SMILES string of the molecule is NC(=O)NC(C(=O)N1CCCC(CO)C1)c1ccccc1. The molecule has 1 fully saturated rings. The fourth-order valence-corrected chi connectivity index (χ4v) is 2.67. The van der Waals surface area contributed by atoms with Crippen molar-refractivity contribution in [3.63, 3.8) is 0 Å². The summed E-state index contributed by atoms with van der Waals surface area (Å²) < 4.78 is 0. The van der Waals surface area contributed by atoms with Crippen molar-refractivity contribution in [2.75, 3.05) is 19.7 Å². The fraction of sp³-hybridized carbons (Fsp3) is 0.467. The van der Waals surface area contributed by atoms with Gasteiger partial charge in [0.25, 0.3) is 0 Å². The summed E-state index contributed by atoms with van der Waals surface area (Å²) in [5, 5.41) is 11.8. The summed E-state index contributed by atoms with van der Waals surface area (Å²) in [6.45, 7) is 1.22. The predicted molar refractivity (Wildman–Crippen MR) is 78.3 cm³/mol. The number of benzene rings is 1. The van der Waals surface area contributed by atoms with Gasteiger partial charge in [-0.05, 0) is 24.3 Å². The number of piperidine rings is 1. The second kappa shape index (κ2) is 7.08. The molecule has 0 radical (unpaired) electrons. The Balaban J connectivity index is 2.16. The number of urea groups is 1. The molecule has 21 heavy (non-hydrogen) atoms. The van der Waals surface area contributed by atoms with E-state index in [9.17, 15) is 14.7 Å². The molecule has 1 aromatic rings. The minimum Gasteiger partial charge on any atom is -0.396 e. The minimum atomic E-state index is -0.777. The van der Waals surface area contributed by atoms with Gasteiger partial charge in [0, 0.05) is 19.7 Å². The molecule has 0 aromatic heterocycles. The van der Waals surface area contributed by atoms with Gasteiger partial charge in [-0.2, -0.15) is 0 Å². The Kier molecular flexibility index (Phi) is 5.16. The van der Waals surface area contributed by atoms with E-state index in [1.54, 1.807) is 17.0 Å². The number of amides is 3. The Bertz CT molecular complexity index is 492. The number of nitrogens with one attached hydrogen (secondary N) is 1. The number of aliphatic hydroxyl groups is 1. The van der Waals surface area contributed by atoms with Crippen LogP contribution in [0, 0.1) is 5.92 Å². The highest BCUT2D eigenvalue weighted by Crippen LogP contribution is 2.21. The number of hydrogen-bond acceptors (Lipinski definition) is 3. The molecule has 4 N–H and O–H groups in total. The number of carbonyl (C=O) groups excluding carboxylic acids is 2. The Morgan fingerprint density at radius 1 is 1.38 bits per heavy atom. The third kappa shape index (κ3) is 3.95. The zero-order chi connectivity index (χ0) is 15.2. The number of aliphatic hydroxyl groups excluding tert-OH is 1. The Morgan fingerprint density at radius 2 is 2.10 bits per heavy atom. The summed E-state index contributed by atoms with van der Waals surface area (Å²) in [6.07, 6.45) is 1.77. The van der Waals surface area contributed by atoms with Gasteiger partial charge in [-0.1, -0.05) is 30.3 Å². The molecule has 0 spiro atoms. The summed E-state index contributed by atoms with van der Waals surface area (Å²) in [7, 11) is 0. The number of nitrogens with two attached hydrogens (primary N) is 1. The van der Waals surface area contributed by atoms with Crippen molar-refractivity contribution in [3.05, 3.63) is 35.9 Å². The lowest BCUT2D eigenvalue weighted by Gasteiger charge is -2.34. The maximum Gasteiger partial charge on any atom is 0.313 e.